The van der Waals surface area contributed by atoms with Gasteiger partial charge in [0.25, 0.3) is 12.4 Å². The quantitative estimate of drug-likeness (QED) is 0.484. The van der Waals surface area contributed by atoms with E-state index in [4.69, 9.17) is 20.4 Å². The topological polar surface area (TPSA) is 135 Å². The van der Waals surface area contributed by atoms with Crippen molar-refractivity contribution in [3.8, 4) is 0 Å². The fourth-order valence-electron chi connectivity index (χ4n) is 2.92. The van der Waals surface area contributed by atoms with Crippen LogP contribution in [0, 0.1) is 5.92 Å². The molecule has 4 N–H and O–H groups in total. The van der Waals surface area contributed by atoms with E-state index in [0.29, 0.717) is 31.7 Å². The molecule has 11 heteroatoms. The molecule has 1 aromatic rings. The number of alkyl halides is 1. The first kappa shape index (κ1) is 21.1. The maximum absolute atomic E-state index is 14.0. The maximum atomic E-state index is 14.0. The van der Waals surface area contributed by atoms with Gasteiger partial charge >= 0.3 is 0 Å². The molecule has 1 unspecified atom stereocenters. The van der Waals surface area contributed by atoms with Crippen LogP contribution in [0.2, 0.25) is 0 Å². The summed E-state index contributed by atoms with van der Waals surface area (Å²) >= 11 is 0. The average Bonchev–Trinajstić information content (AvgIpc) is 2.62. The Labute approximate surface area is 156 Å². The number of hydrogen-bond acceptors (Lipinski definition) is 8. The predicted octanol–water partition coefficient (Wildman–Crippen LogP) is 0.446. The molecule has 0 radical (unpaired) electrons. The van der Waals surface area contributed by atoms with E-state index in [1.165, 1.54) is 17.3 Å². The highest BCUT2D eigenvalue weighted by atomic mass is 32.2. The van der Waals surface area contributed by atoms with Crippen LogP contribution in [-0.2, 0) is 19.4 Å². The van der Waals surface area contributed by atoms with Crippen molar-refractivity contribution >= 4 is 22.0 Å². The second-order valence-corrected chi connectivity index (χ2v) is 8.17. The van der Waals surface area contributed by atoms with Crippen LogP contribution in [0.4, 0.5) is 10.1 Å². The highest BCUT2D eigenvalue weighted by molar-refractivity contribution is 7.91. The zero-order valence-corrected chi connectivity index (χ0v) is 15.4. The molecule has 1 fully saturated rings. The minimum atomic E-state index is -3.60. The third-order valence-corrected chi connectivity index (χ3v) is 5.94. The molecule has 1 aromatic heterocycles. The van der Waals surface area contributed by atoms with Gasteiger partial charge in [0.05, 0.1) is 18.0 Å². The Morgan fingerprint density at radius 3 is 2.78 bits per heavy atom. The smallest absolute Gasteiger partial charge is 0.290 e. The van der Waals surface area contributed by atoms with E-state index in [2.05, 4.69) is 10.3 Å². The van der Waals surface area contributed by atoms with Gasteiger partial charge in [-0.2, -0.15) is 4.39 Å². The molecule has 27 heavy (non-hydrogen) atoms. The standard InChI is InChI=1S/C15H21FN4O3S.CH2O2/c16-15(17)11-20(7-6-19-15)13-2-1-5-18-14(13)24(21,22)10-12-3-8-23-9-4-12;2-1-3/h1-2,5-7,12,19H,3-4,8-11,17H2;1H,(H,2,3). The first-order valence-corrected chi connectivity index (χ1v) is 9.96. The minimum absolute atomic E-state index is 0.0135. The molecule has 2 aliphatic heterocycles. The molecular formula is C16H23FN4O5S. The summed E-state index contributed by atoms with van der Waals surface area (Å²) in [5.74, 6) is -2.07. The van der Waals surface area contributed by atoms with Gasteiger partial charge in [-0.25, -0.2) is 13.4 Å². The molecule has 0 spiro atoms. The molecule has 0 amide bonds. The summed E-state index contributed by atoms with van der Waals surface area (Å²) in [4.78, 5) is 13.9. The number of aromatic nitrogens is 1. The summed E-state index contributed by atoms with van der Waals surface area (Å²) in [7, 11) is -3.60. The lowest BCUT2D eigenvalue weighted by atomic mass is 10.0. The number of rotatable bonds is 4. The van der Waals surface area contributed by atoms with Crippen LogP contribution in [0.25, 0.3) is 0 Å². The number of sulfone groups is 1. The highest BCUT2D eigenvalue weighted by Gasteiger charge is 2.32. The van der Waals surface area contributed by atoms with Crippen molar-refractivity contribution in [2.24, 2.45) is 11.7 Å². The van der Waals surface area contributed by atoms with E-state index >= 15 is 0 Å². The zero-order chi connectivity index (χ0) is 19.9. The lowest BCUT2D eigenvalue weighted by Crippen LogP contribution is -2.57. The number of nitrogens with zero attached hydrogens (tertiary/aromatic N) is 2. The van der Waals surface area contributed by atoms with Crippen LogP contribution in [0.1, 0.15) is 12.8 Å². The number of carboxylic acid groups (broad SMARTS) is 1. The molecule has 1 saturated heterocycles. The van der Waals surface area contributed by atoms with Gasteiger partial charge in [0.15, 0.2) is 14.9 Å². The van der Waals surface area contributed by atoms with Crippen molar-refractivity contribution < 1.29 is 27.4 Å². The van der Waals surface area contributed by atoms with Crippen LogP contribution < -0.4 is 16.0 Å². The molecular weight excluding hydrogens is 379 g/mol. The van der Waals surface area contributed by atoms with E-state index in [9.17, 15) is 12.8 Å². The number of nitrogens with one attached hydrogen (secondary N) is 1. The molecule has 1 atom stereocenters. The molecule has 0 aliphatic carbocycles. The summed E-state index contributed by atoms with van der Waals surface area (Å²) in [5.41, 5.74) is 5.79. The first-order chi connectivity index (χ1) is 12.8. The Morgan fingerprint density at radius 1 is 1.48 bits per heavy atom. The van der Waals surface area contributed by atoms with E-state index in [0.717, 1.165) is 0 Å². The number of nitrogens with two attached hydrogens (primary N) is 1. The van der Waals surface area contributed by atoms with E-state index in [1.807, 2.05) is 0 Å². The summed E-state index contributed by atoms with van der Waals surface area (Å²) in [6.07, 6.45) is 5.76. The Bertz CT molecular complexity index is 766. The Kier molecular flexibility index (Phi) is 7.11. The van der Waals surface area contributed by atoms with Gasteiger partial charge in [-0.3, -0.25) is 10.5 Å². The number of pyridine rings is 1. The highest BCUT2D eigenvalue weighted by Crippen LogP contribution is 2.29. The number of carbonyl (C=O) groups is 1. The Morgan fingerprint density at radius 2 is 2.15 bits per heavy atom. The fraction of sp³-hybridized carbons (Fsp3) is 0.500. The summed E-state index contributed by atoms with van der Waals surface area (Å²) in [5, 5.41) is 9.23. The van der Waals surface area contributed by atoms with Crippen molar-refractivity contribution in [1.29, 1.82) is 0 Å². The van der Waals surface area contributed by atoms with Crippen molar-refractivity contribution in [2.75, 3.05) is 30.4 Å². The molecule has 0 saturated carbocycles. The molecule has 2 aliphatic rings. The van der Waals surface area contributed by atoms with E-state index in [-0.39, 0.29) is 29.7 Å². The fourth-order valence-corrected chi connectivity index (χ4v) is 4.76. The van der Waals surface area contributed by atoms with Crippen LogP contribution in [0.15, 0.2) is 35.8 Å². The summed E-state index contributed by atoms with van der Waals surface area (Å²) < 4.78 is 44.9. The second-order valence-electron chi connectivity index (χ2n) is 6.22. The lowest BCUT2D eigenvalue weighted by molar-refractivity contribution is -0.122. The Balaban J connectivity index is 0.000000817. The number of anilines is 1. The van der Waals surface area contributed by atoms with Crippen LogP contribution in [-0.4, -0.2) is 56.4 Å². The van der Waals surface area contributed by atoms with Crippen LogP contribution in [0.3, 0.4) is 0 Å². The van der Waals surface area contributed by atoms with Gasteiger partial charge in [-0.15, -0.1) is 0 Å². The number of ether oxygens (including phenoxy) is 1. The molecule has 3 rings (SSSR count). The molecule has 0 bridgehead atoms. The average molecular weight is 402 g/mol. The Hall–Kier alpha value is -2.24. The number of halogens is 1. The normalized spacial score (nSPS) is 23.1. The first-order valence-electron chi connectivity index (χ1n) is 8.31. The minimum Gasteiger partial charge on any atom is -0.483 e. The molecule has 3 heterocycles. The summed E-state index contributed by atoms with van der Waals surface area (Å²) in [6.45, 7) is 0.690. The third kappa shape index (κ3) is 5.88. The van der Waals surface area contributed by atoms with Gasteiger partial charge < -0.3 is 20.1 Å². The summed E-state index contributed by atoms with van der Waals surface area (Å²) in [6, 6.07) is 3.23. The SMILES string of the molecule is NC1(F)CN(c2cccnc2S(=O)(=O)CC2CCOCC2)C=CN1.O=CO. The molecule has 0 aromatic carbocycles. The lowest BCUT2D eigenvalue weighted by Gasteiger charge is -2.33. The molecule has 9 nitrogen and oxygen atoms in total. The monoisotopic (exact) mass is 402 g/mol. The predicted molar refractivity (Wildman–Crippen MR) is 96.2 cm³/mol. The van der Waals surface area contributed by atoms with Gasteiger partial charge in [0, 0.05) is 31.8 Å². The van der Waals surface area contributed by atoms with Crippen molar-refractivity contribution in [2.45, 2.75) is 23.8 Å². The van der Waals surface area contributed by atoms with Gasteiger partial charge in [-0.1, -0.05) is 0 Å². The number of hydrogen-bond donors (Lipinski definition) is 3. The van der Waals surface area contributed by atoms with E-state index < -0.39 is 15.8 Å². The van der Waals surface area contributed by atoms with Gasteiger partial charge in [0.1, 0.15) is 0 Å². The maximum Gasteiger partial charge on any atom is 0.290 e. The van der Waals surface area contributed by atoms with Crippen molar-refractivity contribution in [1.82, 2.24) is 10.3 Å². The van der Waals surface area contributed by atoms with E-state index in [1.54, 1.807) is 18.3 Å². The van der Waals surface area contributed by atoms with Crippen molar-refractivity contribution in [3.05, 3.63) is 30.7 Å². The van der Waals surface area contributed by atoms with Crippen molar-refractivity contribution in [3.63, 3.8) is 0 Å². The largest absolute Gasteiger partial charge is 0.483 e. The zero-order valence-electron chi connectivity index (χ0n) is 14.6. The van der Waals surface area contributed by atoms with Crippen LogP contribution >= 0.6 is 0 Å². The molecule has 150 valence electrons. The van der Waals surface area contributed by atoms with Gasteiger partial charge in [-0.05, 0) is 30.9 Å². The van der Waals surface area contributed by atoms with Gasteiger partial charge in [0.2, 0.25) is 0 Å². The van der Waals surface area contributed by atoms with Crippen LogP contribution in [0.5, 0.6) is 0 Å². The second kappa shape index (κ2) is 9.11. The third-order valence-electron chi connectivity index (χ3n) is 4.13.